The number of rotatable bonds is 12. The molecule has 2 aromatic rings. The van der Waals surface area contributed by atoms with E-state index in [0.717, 1.165) is 25.7 Å². The van der Waals surface area contributed by atoms with Crippen molar-refractivity contribution in [1.29, 1.82) is 0 Å². The molecule has 3 rings (SSSR count). The Bertz CT molecular complexity index is 981. The van der Waals surface area contributed by atoms with E-state index in [2.05, 4.69) is 22.9 Å². The second kappa shape index (κ2) is 10.9. The molecule has 1 heterocycles. The zero-order valence-electron chi connectivity index (χ0n) is 18.6. The van der Waals surface area contributed by atoms with Gasteiger partial charge in [0, 0.05) is 48.4 Å². The summed E-state index contributed by atoms with van der Waals surface area (Å²) in [5, 5.41) is 16.6. The van der Waals surface area contributed by atoms with Gasteiger partial charge in [0.25, 0.3) is 5.91 Å². The first-order chi connectivity index (χ1) is 15.4. The number of unbranched alkanes of at least 4 members (excludes halogenated alkanes) is 2. The molecule has 1 saturated carbocycles. The molecule has 3 N–H and O–H groups in total. The van der Waals surface area contributed by atoms with Crippen molar-refractivity contribution in [2.75, 3.05) is 18.1 Å². The predicted molar refractivity (Wildman–Crippen MR) is 124 cm³/mol. The molecule has 0 spiro atoms. The van der Waals surface area contributed by atoms with Crippen molar-refractivity contribution in [2.24, 2.45) is 17.9 Å². The van der Waals surface area contributed by atoms with Crippen LogP contribution in [0.15, 0.2) is 47.6 Å². The first-order valence-corrected chi connectivity index (χ1v) is 11.1. The molecular formula is C24H32FN5O2. The summed E-state index contributed by atoms with van der Waals surface area (Å²) < 4.78 is 14.8. The van der Waals surface area contributed by atoms with Crippen molar-refractivity contribution in [2.45, 2.75) is 50.9 Å². The number of alkyl halides is 1. The van der Waals surface area contributed by atoms with Gasteiger partial charge in [0.05, 0.1) is 12.4 Å². The van der Waals surface area contributed by atoms with Crippen LogP contribution in [0.25, 0.3) is 0 Å². The average molecular weight is 442 g/mol. The molecule has 1 aliphatic carbocycles. The summed E-state index contributed by atoms with van der Waals surface area (Å²) in [7, 11) is 1.99. The van der Waals surface area contributed by atoms with Crippen LogP contribution in [-0.2, 0) is 18.3 Å². The van der Waals surface area contributed by atoms with E-state index in [1.807, 2.05) is 11.7 Å². The lowest BCUT2D eigenvalue weighted by molar-refractivity contribution is -0.115. The molecule has 8 heteroatoms. The molecule has 172 valence electrons. The Labute approximate surface area is 188 Å². The van der Waals surface area contributed by atoms with Gasteiger partial charge in [-0.2, -0.15) is 5.10 Å². The number of nitrogens with zero attached hydrogens (tertiary/aromatic N) is 4. The van der Waals surface area contributed by atoms with Crippen LogP contribution < -0.4 is 10.6 Å². The van der Waals surface area contributed by atoms with Crippen LogP contribution in [0.3, 0.4) is 0 Å². The summed E-state index contributed by atoms with van der Waals surface area (Å²) in [4.78, 5) is 14.5. The van der Waals surface area contributed by atoms with Gasteiger partial charge in [0.15, 0.2) is 5.84 Å². The van der Waals surface area contributed by atoms with Gasteiger partial charge in [-0.05, 0) is 50.3 Å². The topological polar surface area (TPSA) is 96.7 Å². The van der Waals surface area contributed by atoms with Crippen molar-refractivity contribution < 1.29 is 14.4 Å². The number of aryl methyl sites for hydroxylation is 2. The number of amides is 1. The maximum atomic E-state index is 12.9. The zero-order chi connectivity index (χ0) is 23.1. The van der Waals surface area contributed by atoms with Gasteiger partial charge in [0.1, 0.15) is 0 Å². The predicted octanol–water partition coefficient (Wildman–Crippen LogP) is 4.05. The Kier molecular flexibility index (Phi) is 8.03. The maximum Gasteiger partial charge on any atom is 0.253 e. The van der Waals surface area contributed by atoms with Crippen LogP contribution in [0.5, 0.6) is 0 Å². The van der Waals surface area contributed by atoms with Gasteiger partial charge in [-0.1, -0.05) is 30.3 Å². The van der Waals surface area contributed by atoms with Crippen molar-refractivity contribution in [3.63, 3.8) is 0 Å². The molecule has 7 nitrogen and oxygen atoms in total. The third kappa shape index (κ3) is 5.96. The lowest BCUT2D eigenvalue weighted by atomic mass is 10.1. The summed E-state index contributed by atoms with van der Waals surface area (Å²) in [5.74, 6) is 0.302. The Morgan fingerprint density at radius 2 is 2.12 bits per heavy atom. The number of nitrogens with two attached hydrogens (primary N) is 1. The summed E-state index contributed by atoms with van der Waals surface area (Å²) in [6, 6.07) is 9.11. The van der Waals surface area contributed by atoms with Gasteiger partial charge in [0.2, 0.25) is 0 Å². The third-order valence-electron chi connectivity index (χ3n) is 5.81. The van der Waals surface area contributed by atoms with Gasteiger partial charge >= 0.3 is 0 Å². The standard InChI is InChI=1S/C24H32FN5O2/c1-17(12-13-25)24(31)30(21-9-6-7-19(15-21)23(26)28-32)14-5-3-4-8-20-16-22(18-10-11-18)27-29(20)2/h6-7,9,15-16,18,32H,1,3-5,8,10-14H2,2H3,(H2,26,28). The molecule has 1 amide bonds. The zero-order valence-corrected chi connectivity index (χ0v) is 18.6. The molecular weight excluding hydrogens is 409 g/mol. The van der Waals surface area contributed by atoms with E-state index in [-0.39, 0.29) is 23.7 Å². The van der Waals surface area contributed by atoms with Gasteiger partial charge in [-0.25, -0.2) is 0 Å². The molecule has 0 unspecified atom stereocenters. The molecule has 1 fully saturated rings. The first-order valence-electron chi connectivity index (χ1n) is 11.1. The highest BCUT2D eigenvalue weighted by Gasteiger charge is 2.26. The van der Waals surface area contributed by atoms with Gasteiger partial charge in [-0.15, -0.1) is 0 Å². The molecule has 1 aromatic carbocycles. The Hall–Kier alpha value is -3.16. The fraction of sp³-hybridized carbons (Fsp3) is 0.458. The molecule has 32 heavy (non-hydrogen) atoms. The fourth-order valence-corrected chi connectivity index (χ4v) is 3.75. The SMILES string of the molecule is C=C(CCF)C(=O)N(CCCCCc1cc(C2CC2)nn1C)c1cccc(/C(N)=N/O)c1. The molecule has 0 saturated heterocycles. The lowest BCUT2D eigenvalue weighted by Crippen LogP contribution is -2.33. The number of amidine groups is 1. The fourth-order valence-electron chi connectivity index (χ4n) is 3.75. The van der Waals surface area contributed by atoms with E-state index < -0.39 is 6.67 Å². The number of oxime groups is 1. The van der Waals surface area contributed by atoms with E-state index in [1.54, 1.807) is 29.2 Å². The number of anilines is 1. The minimum Gasteiger partial charge on any atom is -0.409 e. The largest absolute Gasteiger partial charge is 0.409 e. The second-order valence-electron chi connectivity index (χ2n) is 8.30. The molecule has 1 aliphatic rings. The van der Waals surface area contributed by atoms with Gasteiger partial charge in [-0.3, -0.25) is 13.9 Å². The maximum absolute atomic E-state index is 12.9. The van der Waals surface area contributed by atoms with Crippen molar-refractivity contribution >= 4 is 17.4 Å². The Balaban J connectivity index is 1.61. The Morgan fingerprint density at radius 3 is 2.81 bits per heavy atom. The molecule has 0 aliphatic heterocycles. The Morgan fingerprint density at radius 1 is 1.34 bits per heavy atom. The average Bonchev–Trinajstić information content (AvgIpc) is 3.58. The number of carbonyl (C=O) groups is 1. The smallest absolute Gasteiger partial charge is 0.253 e. The van der Waals surface area contributed by atoms with Crippen molar-refractivity contribution in [3.05, 3.63) is 59.4 Å². The van der Waals surface area contributed by atoms with Crippen LogP contribution in [-0.4, -0.2) is 39.9 Å². The number of hydrogen-bond acceptors (Lipinski definition) is 4. The minimum atomic E-state index is -0.629. The number of benzene rings is 1. The number of carbonyl (C=O) groups excluding carboxylic acids is 1. The second-order valence-corrected chi connectivity index (χ2v) is 8.30. The lowest BCUT2D eigenvalue weighted by Gasteiger charge is -2.24. The monoisotopic (exact) mass is 441 g/mol. The molecule has 0 bridgehead atoms. The number of hydrogen-bond donors (Lipinski definition) is 2. The van der Waals surface area contributed by atoms with Crippen molar-refractivity contribution in [1.82, 2.24) is 9.78 Å². The van der Waals surface area contributed by atoms with E-state index in [9.17, 15) is 9.18 Å². The highest BCUT2D eigenvalue weighted by molar-refractivity contribution is 6.06. The van der Waals surface area contributed by atoms with E-state index >= 15 is 0 Å². The molecule has 0 atom stereocenters. The number of aromatic nitrogens is 2. The first kappa shape index (κ1) is 23.5. The van der Waals surface area contributed by atoms with E-state index in [1.165, 1.54) is 24.2 Å². The van der Waals surface area contributed by atoms with Crippen LogP contribution >= 0.6 is 0 Å². The van der Waals surface area contributed by atoms with Crippen LogP contribution in [0.4, 0.5) is 10.1 Å². The summed E-state index contributed by atoms with van der Waals surface area (Å²) in [6.07, 6.45) is 6.13. The summed E-state index contributed by atoms with van der Waals surface area (Å²) in [5.41, 5.74) is 9.48. The van der Waals surface area contributed by atoms with E-state index in [4.69, 9.17) is 10.9 Å². The van der Waals surface area contributed by atoms with Crippen molar-refractivity contribution in [3.8, 4) is 0 Å². The van der Waals surface area contributed by atoms with Crippen LogP contribution in [0.2, 0.25) is 0 Å². The normalized spacial score (nSPS) is 13.9. The quantitative estimate of drug-likeness (QED) is 0.130. The van der Waals surface area contributed by atoms with Crippen LogP contribution in [0.1, 0.15) is 61.4 Å². The third-order valence-corrected chi connectivity index (χ3v) is 5.81. The minimum absolute atomic E-state index is 0.000915. The summed E-state index contributed by atoms with van der Waals surface area (Å²) >= 11 is 0. The van der Waals surface area contributed by atoms with Gasteiger partial charge < -0.3 is 15.8 Å². The van der Waals surface area contributed by atoms with E-state index in [0.29, 0.717) is 23.7 Å². The van der Waals surface area contributed by atoms with Crippen LogP contribution in [0, 0.1) is 0 Å². The highest BCUT2D eigenvalue weighted by atomic mass is 19.1. The summed E-state index contributed by atoms with van der Waals surface area (Å²) in [6.45, 7) is 3.60. The molecule has 1 aromatic heterocycles. The number of halogens is 1. The highest BCUT2D eigenvalue weighted by Crippen LogP contribution is 2.39. The molecule has 0 radical (unpaired) electrons.